The summed E-state index contributed by atoms with van der Waals surface area (Å²) in [6.45, 7) is 4.67. The number of rotatable bonds is 7. The zero-order valence-electron chi connectivity index (χ0n) is 17.1. The molecule has 0 bridgehead atoms. The van der Waals surface area contributed by atoms with E-state index in [1.807, 2.05) is 25.1 Å². The third-order valence-corrected chi connectivity index (χ3v) is 4.97. The first-order valence-corrected chi connectivity index (χ1v) is 9.59. The lowest BCUT2D eigenvalue weighted by atomic mass is 9.88. The summed E-state index contributed by atoms with van der Waals surface area (Å²) in [4.78, 5) is 37.5. The van der Waals surface area contributed by atoms with Gasteiger partial charge in [-0.15, -0.1) is 0 Å². The van der Waals surface area contributed by atoms with Crippen LogP contribution in [0.15, 0.2) is 48.5 Å². The quantitative estimate of drug-likeness (QED) is 0.605. The maximum atomic E-state index is 13.0. The van der Waals surface area contributed by atoms with E-state index in [1.54, 1.807) is 37.3 Å². The van der Waals surface area contributed by atoms with Crippen LogP contribution in [-0.4, -0.2) is 47.1 Å². The van der Waals surface area contributed by atoms with Crippen LogP contribution in [-0.2, 0) is 15.1 Å². The van der Waals surface area contributed by atoms with E-state index in [4.69, 9.17) is 4.74 Å². The lowest BCUT2D eigenvalue weighted by Crippen LogP contribution is -2.43. The predicted octanol–water partition coefficient (Wildman–Crippen LogP) is 2.16. The van der Waals surface area contributed by atoms with Crippen molar-refractivity contribution in [3.05, 3.63) is 59.7 Å². The fraction of sp³-hybridized carbons (Fsp3) is 0.318. The molecule has 0 saturated carbocycles. The van der Waals surface area contributed by atoms with Crippen molar-refractivity contribution < 1.29 is 24.2 Å². The summed E-state index contributed by atoms with van der Waals surface area (Å²) in [6, 6.07) is 13.5. The van der Waals surface area contributed by atoms with E-state index < -0.39 is 23.6 Å². The minimum absolute atomic E-state index is 0.0996. The number of benzene rings is 2. The Balaban J connectivity index is 1.60. The minimum Gasteiger partial charge on any atom is -0.491 e. The fourth-order valence-electron chi connectivity index (χ4n) is 3.47. The second-order valence-corrected chi connectivity index (χ2v) is 7.46. The number of aryl methyl sites for hydroxylation is 1. The number of nitrogens with one attached hydrogen (secondary N) is 2. The summed E-state index contributed by atoms with van der Waals surface area (Å²) >= 11 is 0. The van der Waals surface area contributed by atoms with Gasteiger partial charge in [0.15, 0.2) is 0 Å². The average molecular weight is 411 g/mol. The largest absolute Gasteiger partial charge is 0.491 e. The van der Waals surface area contributed by atoms with Gasteiger partial charge in [-0.3, -0.25) is 14.5 Å². The number of carbonyl (C=O) groups excluding carboxylic acids is 3. The van der Waals surface area contributed by atoms with E-state index in [0.717, 1.165) is 16.0 Å². The van der Waals surface area contributed by atoms with Crippen molar-refractivity contribution in [1.29, 1.82) is 0 Å². The monoisotopic (exact) mass is 411 g/mol. The molecule has 2 aromatic carbocycles. The Morgan fingerprint density at radius 1 is 1.20 bits per heavy atom. The number of nitrogens with zero attached hydrogens (tertiary/aromatic N) is 1. The van der Waals surface area contributed by atoms with E-state index in [2.05, 4.69) is 10.6 Å². The van der Waals surface area contributed by atoms with Crippen molar-refractivity contribution in [2.75, 3.05) is 18.5 Å². The van der Waals surface area contributed by atoms with E-state index in [-0.39, 0.29) is 19.1 Å². The molecule has 0 radical (unpaired) electrons. The highest BCUT2D eigenvalue weighted by atomic mass is 16.5. The van der Waals surface area contributed by atoms with E-state index >= 15 is 0 Å². The van der Waals surface area contributed by atoms with Crippen LogP contribution in [0.1, 0.15) is 25.0 Å². The van der Waals surface area contributed by atoms with E-state index in [9.17, 15) is 19.5 Å². The number of aliphatic hydroxyl groups excluding tert-OH is 1. The molecule has 1 heterocycles. The first kappa shape index (κ1) is 21.3. The molecule has 158 valence electrons. The average Bonchev–Trinajstić information content (AvgIpc) is 2.91. The Hall–Kier alpha value is -3.39. The van der Waals surface area contributed by atoms with Gasteiger partial charge in [-0.25, -0.2) is 4.79 Å². The van der Waals surface area contributed by atoms with Gasteiger partial charge in [-0.2, -0.15) is 0 Å². The summed E-state index contributed by atoms with van der Waals surface area (Å²) in [5.41, 5.74) is 1.06. The Bertz CT molecular complexity index is 960. The van der Waals surface area contributed by atoms with Crippen LogP contribution in [0, 0.1) is 6.92 Å². The molecule has 1 aliphatic heterocycles. The first-order valence-electron chi connectivity index (χ1n) is 9.59. The Morgan fingerprint density at radius 2 is 1.87 bits per heavy atom. The third kappa shape index (κ3) is 4.44. The molecule has 0 aliphatic carbocycles. The number of imide groups is 1. The zero-order valence-corrected chi connectivity index (χ0v) is 17.1. The standard InChI is InChI=1S/C22H25N3O5/c1-14-6-4-5-7-19(14)22(3)20(28)25(21(29)24-22)12-17(27)13-30-18-10-8-16(9-11-18)23-15(2)26/h4-11,17,27H,12-13H2,1-3H3,(H,23,26)(H,24,29). The summed E-state index contributed by atoms with van der Waals surface area (Å²) in [7, 11) is 0. The Kier molecular flexibility index (Phi) is 6.07. The second kappa shape index (κ2) is 8.54. The van der Waals surface area contributed by atoms with Gasteiger partial charge in [-0.05, 0) is 49.2 Å². The molecule has 0 spiro atoms. The molecule has 3 rings (SSSR count). The highest BCUT2D eigenvalue weighted by molar-refractivity contribution is 6.07. The summed E-state index contributed by atoms with van der Waals surface area (Å²) in [5.74, 6) is -0.101. The van der Waals surface area contributed by atoms with Crippen LogP contribution in [0.25, 0.3) is 0 Å². The number of hydrogen-bond donors (Lipinski definition) is 3. The fourth-order valence-corrected chi connectivity index (χ4v) is 3.47. The molecule has 4 amide bonds. The van der Waals surface area contributed by atoms with Crippen LogP contribution >= 0.6 is 0 Å². The Morgan fingerprint density at radius 3 is 2.50 bits per heavy atom. The summed E-state index contributed by atoms with van der Waals surface area (Å²) in [6.07, 6.45) is -1.06. The molecule has 2 atom stereocenters. The van der Waals surface area contributed by atoms with Gasteiger partial charge in [0.25, 0.3) is 5.91 Å². The smallest absolute Gasteiger partial charge is 0.325 e. The van der Waals surface area contributed by atoms with Crippen molar-refractivity contribution in [3.8, 4) is 5.75 Å². The molecule has 0 aromatic heterocycles. The van der Waals surface area contributed by atoms with Gasteiger partial charge >= 0.3 is 6.03 Å². The zero-order chi connectivity index (χ0) is 21.9. The molecule has 1 saturated heterocycles. The van der Waals surface area contributed by atoms with Gasteiger partial charge in [-0.1, -0.05) is 24.3 Å². The number of hydrogen-bond acceptors (Lipinski definition) is 5. The van der Waals surface area contributed by atoms with Crippen molar-refractivity contribution in [1.82, 2.24) is 10.2 Å². The molecule has 2 aromatic rings. The third-order valence-electron chi connectivity index (χ3n) is 4.97. The number of amides is 4. The van der Waals surface area contributed by atoms with Crippen molar-refractivity contribution in [2.45, 2.75) is 32.4 Å². The van der Waals surface area contributed by atoms with Crippen LogP contribution < -0.4 is 15.4 Å². The lowest BCUT2D eigenvalue weighted by molar-refractivity contribution is -0.132. The van der Waals surface area contributed by atoms with Crippen LogP contribution in [0.4, 0.5) is 10.5 Å². The topological polar surface area (TPSA) is 108 Å². The Labute approximate surface area is 174 Å². The highest BCUT2D eigenvalue weighted by Crippen LogP contribution is 2.31. The van der Waals surface area contributed by atoms with Crippen LogP contribution in [0.2, 0.25) is 0 Å². The van der Waals surface area contributed by atoms with Crippen molar-refractivity contribution in [3.63, 3.8) is 0 Å². The van der Waals surface area contributed by atoms with Crippen molar-refractivity contribution >= 4 is 23.5 Å². The van der Waals surface area contributed by atoms with E-state index in [0.29, 0.717) is 11.4 Å². The maximum Gasteiger partial charge on any atom is 0.325 e. The van der Waals surface area contributed by atoms with Crippen LogP contribution in [0.5, 0.6) is 5.75 Å². The van der Waals surface area contributed by atoms with Gasteiger partial charge in [0.2, 0.25) is 5.91 Å². The molecule has 8 heteroatoms. The molecule has 1 aliphatic rings. The second-order valence-electron chi connectivity index (χ2n) is 7.46. The number of anilines is 1. The van der Waals surface area contributed by atoms with Gasteiger partial charge in [0, 0.05) is 12.6 Å². The van der Waals surface area contributed by atoms with Gasteiger partial charge in [0.1, 0.15) is 24.0 Å². The lowest BCUT2D eigenvalue weighted by Gasteiger charge is -2.24. The SMILES string of the molecule is CC(=O)Nc1ccc(OCC(O)CN2C(=O)NC(C)(c3ccccc3C)C2=O)cc1. The summed E-state index contributed by atoms with van der Waals surface area (Å²) in [5, 5.41) is 15.7. The molecule has 8 nitrogen and oxygen atoms in total. The molecule has 3 N–H and O–H groups in total. The maximum absolute atomic E-state index is 13.0. The number of carbonyl (C=O) groups is 3. The highest BCUT2D eigenvalue weighted by Gasteiger charge is 2.49. The van der Waals surface area contributed by atoms with Gasteiger partial charge < -0.3 is 20.5 Å². The number of aliphatic hydroxyl groups is 1. The first-order chi connectivity index (χ1) is 14.2. The van der Waals surface area contributed by atoms with Gasteiger partial charge in [0.05, 0.1) is 6.54 Å². The minimum atomic E-state index is -1.18. The number of β-amino-alcohol motifs (C(OH)–C–C–N with tert-alkyl or cyclic N) is 1. The van der Waals surface area contributed by atoms with Crippen LogP contribution in [0.3, 0.4) is 0 Å². The van der Waals surface area contributed by atoms with E-state index in [1.165, 1.54) is 6.92 Å². The molecular formula is C22H25N3O5. The summed E-state index contributed by atoms with van der Waals surface area (Å²) < 4.78 is 5.53. The predicted molar refractivity (Wildman–Crippen MR) is 111 cm³/mol. The molecule has 30 heavy (non-hydrogen) atoms. The van der Waals surface area contributed by atoms with Crippen molar-refractivity contribution in [2.24, 2.45) is 0 Å². The normalized spacial score (nSPS) is 19.4. The molecule has 2 unspecified atom stereocenters. The number of ether oxygens (including phenoxy) is 1. The number of urea groups is 1. The molecular weight excluding hydrogens is 386 g/mol. The molecule has 1 fully saturated rings.